The van der Waals surface area contributed by atoms with Crippen molar-refractivity contribution in [2.24, 2.45) is 0 Å². The van der Waals surface area contributed by atoms with Crippen LogP contribution in [0.15, 0.2) is 83.8 Å². The largest absolute Gasteiger partial charge is 0.465 e. The van der Waals surface area contributed by atoms with Gasteiger partial charge in [0.1, 0.15) is 0 Å². The molecule has 29 heavy (non-hydrogen) atoms. The number of anilines is 2. The van der Waals surface area contributed by atoms with Gasteiger partial charge in [-0.25, -0.2) is 13.2 Å². The molecule has 1 amide bonds. The Morgan fingerprint density at radius 2 is 1.41 bits per heavy atom. The minimum absolute atomic E-state index is 0.139. The van der Waals surface area contributed by atoms with Crippen LogP contribution in [0.2, 0.25) is 0 Å². The Balaban J connectivity index is 1.73. The highest BCUT2D eigenvalue weighted by Gasteiger charge is 2.14. The number of hydrogen-bond acceptors (Lipinski definition) is 5. The molecule has 0 saturated carbocycles. The molecular formula is C21H18N2O5S. The quantitative estimate of drug-likeness (QED) is 0.606. The maximum atomic E-state index is 12.4. The van der Waals surface area contributed by atoms with Crippen molar-refractivity contribution in [3.05, 3.63) is 90.0 Å². The molecule has 0 bridgehead atoms. The summed E-state index contributed by atoms with van der Waals surface area (Å²) < 4.78 is 32.0. The highest BCUT2D eigenvalue weighted by atomic mass is 32.2. The third-order valence-corrected chi connectivity index (χ3v) is 5.39. The summed E-state index contributed by atoms with van der Waals surface area (Å²) >= 11 is 0. The Morgan fingerprint density at radius 1 is 0.793 bits per heavy atom. The van der Waals surface area contributed by atoms with Crippen molar-refractivity contribution in [1.82, 2.24) is 0 Å². The van der Waals surface area contributed by atoms with E-state index in [0.717, 1.165) is 0 Å². The van der Waals surface area contributed by atoms with Crippen LogP contribution in [0.25, 0.3) is 0 Å². The fourth-order valence-corrected chi connectivity index (χ4v) is 3.62. The SMILES string of the molecule is COC(=O)c1ccc(C(=O)Nc2cccc(NS(=O)(=O)c3ccccc3)c2)cc1. The summed E-state index contributed by atoms with van der Waals surface area (Å²) in [4.78, 5) is 24.0. The standard InChI is InChI=1S/C21H18N2O5S/c1-28-21(25)16-12-10-15(11-13-16)20(24)22-17-6-5-7-18(14-17)23-29(26,27)19-8-3-2-4-9-19/h2-14,23H,1H3,(H,22,24). The van der Waals surface area contributed by atoms with Crippen LogP contribution in [-0.2, 0) is 14.8 Å². The van der Waals surface area contributed by atoms with Crippen LogP contribution in [0.1, 0.15) is 20.7 Å². The number of esters is 1. The summed E-state index contributed by atoms with van der Waals surface area (Å²) in [6.45, 7) is 0. The molecule has 3 aromatic rings. The lowest BCUT2D eigenvalue weighted by atomic mass is 10.1. The minimum atomic E-state index is -3.73. The summed E-state index contributed by atoms with van der Waals surface area (Å²) in [5.41, 5.74) is 1.40. The number of benzene rings is 3. The van der Waals surface area contributed by atoms with E-state index in [2.05, 4.69) is 14.8 Å². The van der Waals surface area contributed by atoms with Gasteiger partial charge in [-0.3, -0.25) is 9.52 Å². The van der Waals surface area contributed by atoms with Crippen molar-refractivity contribution in [2.45, 2.75) is 4.90 Å². The predicted octanol–water partition coefficient (Wildman–Crippen LogP) is 3.53. The number of ether oxygens (including phenoxy) is 1. The van der Waals surface area contributed by atoms with E-state index in [-0.39, 0.29) is 4.90 Å². The van der Waals surface area contributed by atoms with Gasteiger partial charge in [0.25, 0.3) is 15.9 Å². The zero-order chi connectivity index (χ0) is 20.9. The van der Waals surface area contributed by atoms with Gasteiger partial charge in [0, 0.05) is 11.3 Å². The van der Waals surface area contributed by atoms with Crippen molar-refractivity contribution < 1.29 is 22.7 Å². The molecule has 3 aromatic carbocycles. The third-order valence-electron chi connectivity index (χ3n) is 3.99. The summed E-state index contributed by atoms with van der Waals surface area (Å²) in [7, 11) is -2.45. The molecule has 7 nitrogen and oxygen atoms in total. The number of carbonyl (C=O) groups is 2. The topological polar surface area (TPSA) is 102 Å². The maximum absolute atomic E-state index is 12.4. The molecule has 0 aliphatic heterocycles. The van der Waals surface area contributed by atoms with Crippen LogP contribution in [0.4, 0.5) is 11.4 Å². The summed E-state index contributed by atoms with van der Waals surface area (Å²) in [6, 6.07) is 20.3. The summed E-state index contributed by atoms with van der Waals surface area (Å²) in [5.74, 6) is -0.889. The number of methoxy groups -OCH3 is 1. The molecule has 0 aliphatic rings. The molecule has 0 spiro atoms. The van der Waals surface area contributed by atoms with Gasteiger partial charge in [-0.15, -0.1) is 0 Å². The molecule has 2 N–H and O–H groups in total. The van der Waals surface area contributed by atoms with E-state index >= 15 is 0 Å². The molecule has 0 saturated heterocycles. The van der Waals surface area contributed by atoms with Gasteiger partial charge >= 0.3 is 5.97 Å². The lowest BCUT2D eigenvalue weighted by molar-refractivity contribution is 0.0600. The second-order valence-corrected chi connectivity index (χ2v) is 7.70. The molecule has 0 fully saturated rings. The monoisotopic (exact) mass is 410 g/mol. The van der Waals surface area contributed by atoms with Crippen LogP contribution >= 0.6 is 0 Å². The molecule has 0 aliphatic carbocycles. The average Bonchev–Trinajstić information content (AvgIpc) is 2.74. The molecule has 148 valence electrons. The first-order valence-electron chi connectivity index (χ1n) is 8.57. The predicted molar refractivity (Wildman–Crippen MR) is 109 cm³/mol. The zero-order valence-corrected chi connectivity index (χ0v) is 16.3. The second kappa shape index (κ2) is 8.57. The van der Waals surface area contributed by atoms with Crippen molar-refractivity contribution >= 4 is 33.3 Å². The van der Waals surface area contributed by atoms with Gasteiger partial charge in [0.15, 0.2) is 0 Å². The third kappa shape index (κ3) is 4.99. The fraction of sp³-hybridized carbons (Fsp3) is 0.0476. The van der Waals surface area contributed by atoms with Gasteiger partial charge in [-0.2, -0.15) is 0 Å². The fourth-order valence-electron chi connectivity index (χ4n) is 2.55. The van der Waals surface area contributed by atoms with Gasteiger partial charge in [0.2, 0.25) is 0 Å². The Kier molecular flexibility index (Phi) is 5.94. The molecule has 0 heterocycles. The Labute approximate surface area is 168 Å². The van der Waals surface area contributed by atoms with Crippen LogP contribution in [0.3, 0.4) is 0 Å². The van der Waals surface area contributed by atoms with E-state index in [1.165, 1.54) is 49.6 Å². The van der Waals surface area contributed by atoms with E-state index in [0.29, 0.717) is 22.5 Å². The highest BCUT2D eigenvalue weighted by Crippen LogP contribution is 2.20. The molecule has 0 atom stereocenters. The van der Waals surface area contributed by atoms with Gasteiger partial charge in [-0.1, -0.05) is 24.3 Å². The zero-order valence-electron chi connectivity index (χ0n) is 15.5. The normalized spacial score (nSPS) is 10.8. The summed E-state index contributed by atoms with van der Waals surface area (Å²) in [6.07, 6.45) is 0. The van der Waals surface area contributed by atoms with Gasteiger partial charge in [-0.05, 0) is 54.6 Å². The lowest BCUT2D eigenvalue weighted by Gasteiger charge is -2.10. The number of hydrogen-bond donors (Lipinski definition) is 2. The van der Waals surface area contributed by atoms with E-state index in [1.807, 2.05) is 0 Å². The van der Waals surface area contributed by atoms with Crippen LogP contribution < -0.4 is 10.0 Å². The first kappa shape index (κ1) is 20.1. The van der Waals surface area contributed by atoms with Gasteiger partial charge in [0.05, 0.1) is 23.3 Å². The van der Waals surface area contributed by atoms with Crippen molar-refractivity contribution in [2.75, 3.05) is 17.1 Å². The van der Waals surface area contributed by atoms with Crippen molar-refractivity contribution in [3.63, 3.8) is 0 Å². The van der Waals surface area contributed by atoms with Crippen molar-refractivity contribution in [1.29, 1.82) is 0 Å². The Bertz CT molecular complexity index is 1130. The molecule has 0 aromatic heterocycles. The second-order valence-electron chi connectivity index (χ2n) is 6.02. The average molecular weight is 410 g/mol. The minimum Gasteiger partial charge on any atom is -0.465 e. The van der Waals surface area contributed by atoms with E-state index < -0.39 is 21.9 Å². The molecular weight excluding hydrogens is 392 g/mol. The van der Waals surface area contributed by atoms with E-state index in [4.69, 9.17) is 0 Å². The Hall–Kier alpha value is -3.65. The summed E-state index contributed by atoms with van der Waals surface area (Å²) in [5, 5.41) is 2.70. The first-order chi connectivity index (χ1) is 13.9. The first-order valence-corrected chi connectivity index (χ1v) is 10.0. The van der Waals surface area contributed by atoms with Crippen molar-refractivity contribution in [3.8, 4) is 0 Å². The molecule has 0 radical (unpaired) electrons. The van der Waals surface area contributed by atoms with Crippen LogP contribution in [0.5, 0.6) is 0 Å². The van der Waals surface area contributed by atoms with Crippen LogP contribution in [0, 0.1) is 0 Å². The number of nitrogens with one attached hydrogen (secondary N) is 2. The lowest BCUT2D eigenvalue weighted by Crippen LogP contribution is -2.14. The smallest absolute Gasteiger partial charge is 0.337 e. The van der Waals surface area contributed by atoms with E-state index in [1.54, 1.807) is 36.4 Å². The van der Waals surface area contributed by atoms with Gasteiger partial charge < -0.3 is 10.1 Å². The number of carbonyl (C=O) groups excluding carboxylic acids is 2. The molecule has 8 heteroatoms. The number of amides is 1. The van der Waals surface area contributed by atoms with E-state index in [9.17, 15) is 18.0 Å². The number of rotatable bonds is 6. The molecule has 0 unspecified atom stereocenters. The number of sulfonamides is 1. The maximum Gasteiger partial charge on any atom is 0.337 e. The van der Waals surface area contributed by atoms with Crippen LogP contribution in [-0.4, -0.2) is 27.4 Å². The Morgan fingerprint density at radius 3 is 2.07 bits per heavy atom. The molecule has 3 rings (SSSR count). The highest BCUT2D eigenvalue weighted by molar-refractivity contribution is 7.92.